The van der Waals surface area contributed by atoms with E-state index in [2.05, 4.69) is 16.0 Å². The van der Waals surface area contributed by atoms with Gasteiger partial charge in [0.25, 0.3) is 11.8 Å². The molecule has 0 saturated carbocycles. The first kappa shape index (κ1) is 29.0. The van der Waals surface area contributed by atoms with E-state index in [1.807, 2.05) is 31.2 Å². The van der Waals surface area contributed by atoms with Crippen LogP contribution in [-0.4, -0.2) is 23.5 Å². The SMILES string of the molecule is Cc1ccccc1NC(=O)CSc1ccc(NC(=O)/C(=C/c2cccc(Cl)c2Cl)NC(=O)c2ccccc2)cc1. The molecule has 0 radical (unpaired) electrons. The number of halogens is 2. The largest absolute Gasteiger partial charge is 0.325 e. The van der Waals surface area contributed by atoms with Gasteiger partial charge in [-0.3, -0.25) is 14.4 Å². The molecular formula is C31H25Cl2N3O3S. The highest BCUT2D eigenvalue weighted by Crippen LogP contribution is 2.27. The molecular weight excluding hydrogens is 565 g/mol. The molecule has 0 unspecified atom stereocenters. The predicted molar refractivity (Wildman–Crippen MR) is 164 cm³/mol. The summed E-state index contributed by atoms with van der Waals surface area (Å²) < 4.78 is 0. The van der Waals surface area contributed by atoms with Gasteiger partial charge in [0.2, 0.25) is 5.91 Å². The number of thioether (sulfide) groups is 1. The van der Waals surface area contributed by atoms with Crippen molar-refractivity contribution >= 4 is 70.1 Å². The van der Waals surface area contributed by atoms with E-state index in [0.29, 0.717) is 21.8 Å². The Kier molecular flexibility index (Phi) is 10.0. The molecule has 40 heavy (non-hydrogen) atoms. The molecule has 9 heteroatoms. The van der Waals surface area contributed by atoms with E-state index in [-0.39, 0.29) is 22.4 Å². The standard InChI is InChI=1S/C31H25Cl2N3O3S/c1-20-8-5-6-13-26(20)35-28(37)19-40-24-16-14-23(15-17-24)34-31(39)27(18-22-11-7-12-25(32)29(22)33)36-30(38)21-9-3-2-4-10-21/h2-18H,19H2,1H3,(H,34,39)(H,35,37)(H,36,38)/b27-18-. The van der Waals surface area contributed by atoms with Gasteiger partial charge in [0.05, 0.1) is 15.8 Å². The molecule has 0 bridgehead atoms. The van der Waals surface area contributed by atoms with Crippen LogP contribution in [0.25, 0.3) is 6.08 Å². The normalized spacial score (nSPS) is 11.0. The highest BCUT2D eigenvalue weighted by Gasteiger charge is 2.16. The fourth-order valence-corrected chi connectivity index (χ4v) is 4.67. The van der Waals surface area contributed by atoms with Crippen LogP contribution in [0.1, 0.15) is 21.5 Å². The van der Waals surface area contributed by atoms with Crippen molar-refractivity contribution in [2.24, 2.45) is 0 Å². The molecule has 0 aromatic heterocycles. The summed E-state index contributed by atoms with van der Waals surface area (Å²) in [5, 5.41) is 8.97. The smallest absolute Gasteiger partial charge is 0.272 e. The lowest BCUT2D eigenvalue weighted by molar-refractivity contribution is -0.114. The molecule has 0 aliphatic carbocycles. The summed E-state index contributed by atoms with van der Waals surface area (Å²) in [5.41, 5.74) is 3.15. The van der Waals surface area contributed by atoms with Gasteiger partial charge < -0.3 is 16.0 Å². The maximum absolute atomic E-state index is 13.3. The fraction of sp³-hybridized carbons (Fsp3) is 0.0645. The van der Waals surface area contributed by atoms with E-state index in [0.717, 1.165) is 16.1 Å². The molecule has 4 aromatic carbocycles. The van der Waals surface area contributed by atoms with Crippen LogP contribution >= 0.6 is 35.0 Å². The topological polar surface area (TPSA) is 87.3 Å². The first-order valence-corrected chi connectivity index (χ1v) is 14.0. The van der Waals surface area contributed by atoms with Gasteiger partial charge in [-0.2, -0.15) is 0 Å². The van der Waals surface area contributed by atoms with Gasteiger partial charge in [-0.15, -0.1) is 11.8 Å². The van der Waals surface area contributed by atoms with Crippen molar-refractivity contribution in [3.05, 3.63) is 129 Å². The number of para-hydroxylation sites is 1. The van der Waals surface area contributed by atoms with Crippen LogP contribution in [0.3, 0.4) is 0 Å². The Morgan fingerprint density at radius 1 is 0.800 bits per heavy atom. The summed E-state index contributed by atoms with van der Waals surface area (Å²) in [6, 6.07) is 28.2. The molecule has 0 spiro atoms. The molecule has 4 rings (SSSR count). The average Bonchev–Trinajstić information content (AvgIpc) is 2.96. The number of amides is 3. The molecule has 0 atom stereocenters. The van der Waals surface area contributed by atoms with Crippen LogP contribution in [0.5, 0.6) is 0 Å². The lowest BCUT2D eigenvalue weighted by Gasteiger charge is -2.12. The van der Waals surface area contributed by atoms with Crippen molar-refractivity contribution < 1.29 is 14.4 Å². The maximum Gasteiger partial charge on any atom is 0.272 e. The highest BCUT2D eigenvalue weighted by atomic mass is 35.5. The number of aryl methyl sites for hydroxylation is 1. The van der Waals surface area contributed by atoms with Gasteiger partial charge in [0.15, 0.2) is 0 Å². The van der Waals surface area contributed by atoms with E-state index in [1.165, 1.54) is 17.8 Å². The minimum absolute atomic E-state index is 0.00986. The van der Waals surface area contributed by atoms with E-state index in [9.17, 15) is 14.4 Å². The minimum atomic E-state index is -0.543. The molecule has 0 aliphatic rings. The van der Waals surface area contributed by atoms with Crippen molar-refractivity contribution in [3.63, 3.8) is 0 Å². The van der Waals surface area contributed by atoms with Crippen molar-refractivity contribution in [1.82, 2.24) is 5.32 Å². The Morgan fingerprint density at radius 3 is 2.23 bits per heavy atom. The van der Waals surface area contributed by atoms with Crippen LogP contribution in [0.4, 0.5) is 11.4 Å². The Bertz CT molecular complexity index is 1560. The van der Waals surface area contributed by atoms with Crippen LogP contribution in [0, 0.1) is 6.92 Å². The van der Waals surface area contributed by atoms with E-state index in [4.69, 9.17) is 23.2 Å². The third-order valence-corrected chi connectivity index (χ3v) is 7.56. The molecule has 0 heterocycles. The second-order valence-electron chi connectivity index (χ2n) is 8.65. The number of hydrogen-bond acceptors (Lipinski definition) is 4. The number of anilines is 2. The zero-order valence-electron chi connectivity index (χ0n) is 21.4. The second-order valence-corrected chi connectivity index (χ2v) is 10.5. The first-order valence-electron chi connectivity index (χ1n) is 12.2. The lowest BCUT2D eigenvalue weighted by Crippen LogP contribution is -2.30. The number of carbonyl (C=O) groups excluding carboxylic acids is 3. The minimum Gasteiger partial charge on any atom is -0.325 e. The summed E-state index contributed by atoms with van der Waals surface area (Å²) in [7, 11) is 0. The average molecular weight is 591 g/mol. The number of hydrogen-bond donors (Lipinski definition) is 3. The van der Waals surface area contributed by atoms with E-state index >= 15 is 0 Å². The number of rotatable bonds is 9. The van der Waals surface area contributed by atoms with Crippen molar-refractivity contribution in [2.45, 2.75) is 11.8 Å². The molecule has 3 amide bonds. The van der Waals surface area contributed by atoms with Crippen molar-refractivity contribution in [1.29, 1.82) is 0 Å². The van der Waals surface area contributed by atoms with Crippen LogP contribution in [0.2, 0.25) is 10.0 Å². The quantitative estimate of drug-likeness (QED) is 0.140. The van der Waals surface area contributed by atoms with Crippen molar-refractivity contribution in [2.75, 3.05) is 16.4 Å². The summed E-state index contributed by atoms with van der Waals surface area (Å²) in [4.78, 5) is 39.3. The van der Waals surface area contributed by atoms with E-state index < -0.39 is 11.8 Å². The van der Waals surface area contributed by atoms with Gasteiger partial charge in [0, 0.05) is 21.8 Å². The molecule has 0 fully saturated rings. The molecule has 4 aromatic rings. The third kappa shape index (κ3) is 7.99. The summed E-state index contributed by atoms with van der Waals surface area (Å²) in [6.45, 7) is 1.94. The second kappa shape index (κ2) is 13.8. The van der Waals surface area contributed by atoms with Crippen LogP contribution < -0.4 is 16.0 Å². The first-order chi connectivity index (χ1) is 19.3. The molecule has 0 saturated heterocycles. The Labute approximate surface area is 246 Å². The van der Waals surface area contributed by atoms with Gasteiger partial charge in [-0.1, -0.05) is 71.7 Å². The highest BCUT2D eigenvalue weighted by molar-refractivity contribution is 8.00. The van der Waals surface area contributed by atoms with Crippen LogP contribution in [0.15, 0.2) is 108 Å². The Morgan fingerprint density at radius 2 is 1.50 bits per heavy atom. The van der Waals surface area contributed by atoms with Crippen molar-refractivity contribution in [3.8, 4) is 0 Å². The van der Waals surface area contributed by atoms with Gasteiger partial charge in [0.1, 0.15) is 5.70 Å². The van der Waals surface area contributed by atoms with Gasteiger partial charge in [-0.05, 0) is 72.7 Å². The summed E-state index contributed by atoms with van der Waals surface area (Å²) in [6.07, 6.45) is 1.47. The van der Waals surface area contributed by atoms with Gasteiger partial charge >= 0.3 is 0 Å². The predicted octanol–water partition coefficient (Wildman–Crippen LogP) is 7.44. The number of nitrogens with one attached hydrogen (secondary N) is 3. The van der Waals surface area contributed by atoms with Crippen LogP contribution in [-0.2, 0) is 9.59 Å². The number of carbonyl (C=O) groups is 3. The maximum atomic E-state index is 13.3. The zero-order valence-corrected chi connectivity index (χ0v) is 23.7. The van der Waals surface area contributed by atoms with E-state index in [1.54, 1.807) is 72.8 Å². The third-order valence-electron chi connectivity index (χ3n) is 5.71. The molecule has 6 nitrogen and oxygen atoms in total. The molecule has 3 N–H and O–H groups in total. The fourth-order valence-electron chi connectivity index (χ4n) is 3.61. The monoisotopic (exact) mass is 589 g/mol. The Hall–Kier alpha value is -4.04. The zero-order chi connectivity index (χ0) is 28.5. The molecule has 202 valence electrons. The summed E-state index contributed by atoms with van der Waals surface area (Å²) >= 11 is 13.8. The lowest BCUT2D eigenvalue weighted by atomic mass is 10.1. The number of benzene rings is 4. The summed E-state index contributed by atoms with van der Waals surface area (Å²) in [5.74, 6) is -0.867. The van der Waals surface area contributed by atoms with Gasteiger partial charge in [-0.25, -0.2) is 0 Å². The Balaban J connectivity index is 1.44. The molecule has 0 aliphatic heterocycles.